The topological polar surface area (TPSA) is 22.0 Å². The summed E-state index contributed by atoms with van der Waals surface area (Å²) in [5, 5.41) is 2.57. The molecule has 118 valence electrons. The van der Waals surface area contributed by atoms with Crippen LogP contribution in [0.1, 0.15) is 21.6 Å². The Labute approximate surface area is 157 Å². The first-order valence-corrected chi connectivity index (χ1v) is 8.70. The Morgan fingerprint density at radius 2 is 1.87 bits per heavy atom. The molecule has 0 unspecified atom stereocenters. The number of benzene rings is 2. The Balaban J connectivity index is 2.15. The van der Waals surface area contributed by atoms with Crippen LogP contribution in [0.3, 0.4) is 0 Å². The third kappa shape index (κ3) is 3.03. The second kappa shape index (κ2) is 6.48. The van der Waals surface area contributed by atoms with Gasteiger partial charge < -0.3 is 4.57 Å². The van der Waals surface area contributed by atoms with Crippen LogP contribution in [0.2, 0.25) is 15.1 Å². The number of fused-ring (bicyclic) bond motifs is 1. The van der Waals surface area contributed by atoms with Crippen LogP contribution < -0.4 is 0 Å². The van der Waals surface area contributed by atoms with Crippen molar-refractivity contribution in [2.24, 2.45) is 7.05 Å². The number of hydrogen-bond acceptors (Lipinski definition) is 1. The number of halogens is 4. The average molecular weight is 432 g/mol. The van der Waals surface area contributed by atoms with Crippen molar-refractivity contribution in [2.45, 2.75) is 6.42 Å². The molecule has 0 aliphatic carbocycles. The third-order valence-electron chi connectivity index (χ3n) is 3.88. The lowest BCUT2D eigenvalue weighted by atomic mass is 10.1. The maximum absolute atomic E-state index is 11.1. The van der Waals surface area contributed by atoms with Gasteiger partial charge in [-0.3, -0.25) is 4.79 Å². The number of hydrogen-bond donors (Lipinski definition) is 0. The fourth-order valence-electron chi connectivity index (χ4n) is 2.63. The molecule has 1 heterocycles. The minimum absolute atomic E-state index is 0.394. The minimum atomic E-state index is 0.394. The van der Waals surface area contributed by atoms with E-state index in [9.17, 15) is 4.79 Å². The molecule has 3 rings (SSSR count). The molecule has 0 atom stereocenters. The summed E-state index contributed by atoms with van der Waals surface area (Å²) in [7, 11) is 1.96. The lowest BCUT2D eigenvalue weighted by molar-refractivity contribution is 0.112. The van der Waals surface area contributed by atoms with E-state index in [0.29, 0.717) is 27.1 Å². The van der Waals surface area contributed by atoms with Gasteiger partial charge in [-0.1, -0.05) is 50.7 Å². The van der Waals surface area contributed by atoms with Gasteiger partial charge in [-0.15, -0.1) is 0 Å². The zero-order chi connectivity index (χ0) is 16.7. The highest BCUT2D eigenvalue weighted by Gasteiger charge is 2.15. The first kappa shape index (κ1) is 16.8. The molecule has 0 N–H and O–H groups in total. The Morgan fingerprint density at radius 1 is 1.13 bits per heavy atom. The lowest BCUT2D eigenvalue weighted by Crippen LogP contribution is -2.00. The van der Waals surface area contributed by atoms with E-state index >= 15 is 0 Å². The molecule has 0 saturated heterocycles. The molecule has 0 radical (unpaired) electrons. The third-order valence-corrected chi connectivity index (χ3v) is 5.45. The van der Waals surface area contributed by atoms with Crippen LogP contribution in [0.15, 0.2) is 34.8 Å². The number of carbonyl (C=O) groups is 1. The monoisotopic (exact) mass is 429 g/mol. The average Bonchev–Trinajstić information content (AvgIpc) is 2.81. The van der Waals surface area contributed by atoms with Crippen LogP contribution in [0.4, 0.5) is 0 Å². The van der Waals surface area contributed by atoms with Crippen molar-refractivity contribution in [3.8, 4) is 0 Å². The van der Waals surface area contributed by atoms with Crippen molar-refractivity contribution in [1.29, 1.82) is 0 Å². The molecule has 6 heteroatoms. The number of aryl methyl sites for hydroxylation is 1. The summed E-state index contributed by atoms with van der Waals surface area (Å²) in [4.78, 5) is 11.1. The van der Waals surface area contributed by atoms with Crippen LogP contribution in [0.25, 0.3) is 10.9 Å². The predicted molar refractivity (Wildman–Crippen MR) is 100 cm³/mol. The van der Waals surface area contributed by atoms with E-state index in [1.54, 1.807) is 12.1 Å². The van der Waals surface area contributed by atoms with E-state index in [1.165, 1.54) is 0 Å². The number of nitrogens with zero attached hydrogens (tertiary/aromatic N) is 1. The van der Waals surface area contributed by atoms with Crippen LogP contribution in [0.5, 0.6) is 0 Å². The van der Waals surface area contributed by atoms with E-state index in [1.807, 2.05) is 29.8 Å². The Hall–Kier alpha value is -1.000. The van der Waals surface area contributed by atoms with Crippen LogP contribution in [0, 0.1) is 0 Å². The van der Waals surface area contributed by atoms with Crippen molar-refractivity contribution in [3.05, 3.63) is 66.7 Å². The number of carbonyl (C=O) groups excluding carboxylic acids is 1. The summed E-state index contributed by atoms with van der Waals surface area (Å²) in [6, 6.07) is 9.20. The fraction of sp³-hybridized carbons (Fsp3) is 0.118. The minimum Gasteiger partial charge on any atom is -0.347 e. The van der Waals surface area contributed by atoms with E-state index in [0.717, 1.165) is 32.9 Å². The van der Waals surface area contributed by atoms with Crippen LogP contribution in [-0.4, -0.2) is 10.9 Å². The number of aromatic nitrogens is 1. The van der Waals surface area contributed by atoms with Crippen LogP contribution in [-0.2, 0) is 13.5 Å². The molecule has 2 aromatic carbocycles. The van der Waals surface area contributed by atoms with Gasteiger partial charge in [0.05, 0.1) is 15.6 Å². The molecule has 0 saturated carbocycles. The summed E-state index contributed by atoms with van der Waals surface area (Å²) in [6.45, 7) is 0. The van der Waals surface area contributed by atoms with Gasteiger partial charge in [0.15, 0.2) is 6.29 Å². The molecule has 1 aromatic heterocycles. The Kier molecular flexibility index (Phi) is 4.75. The first-order chi connectivity index (χ1) is 10.9. The molecule has 2 nitrogen and oxygen atoms in total. The summed E-state index contributed by atoms with van der Waals surface area (Å²) in [5.74, 6) is 0. The van der Waals surface area contributed by atoms with Crippen molar-refractivity contribution >= 4 is 67.9 Å². The van der Waals surface area contributed by atoms with Crippen molar-refractivity contribution in [1.82, 2.24) is 4.57 Å². The highest BCUT2D eigenvalue weighted by atomic mass is 79.9. The summed E-state index contributed by atoms with van der Waals surface area (Å²) in [6.07, 6.45) is 1.25. The summed E-state index contributed by atoms with van der Waals surface area (Å²) < 4.78 is 2.97. The number of aldehydes is 1. The summed E-state index contributed by atoms with van der Waals surface area (Å²) in [5.41, 5.74) is 3.19. The van der Waals surface area contributed by atoms with Crippen molar-refractivity contribution in [3.63, 3.8) is 0 Å². The Bertz CT molecular complexity index is 933. The van der Waals surface area contributed by atoms with E-state index in [2.05, 4.69) is 15.9 Å². The molecular weight excluding hydrogens is 420 g/mol. The maximum atomic E-state index is 11.1. The van der Waals surface area contributed by atoms with E-state index < -0.39 is 0 Å². The second-order valence-corrected chi connectivity index (χ2v) is 7.35. The molecule has 3 aromatic rings. The van der Waals surface area contributed by atoms with Crippen molar-refractivity contribution in [2.75, 3.05) is 0 Å². The van der Waals surface area contributed by atoms with E-state index in [-0.39, 0.29) is 0 Å². The lowest BCUT2D eigenvalue weighted by Gasteiger charge is -2.10. The highest BCUT2D eigenvalue weighted by molar-refractivity contribution is 9.10. The SMILES string of the molecule is Cn1c(Cc2c(Cl)ccc(C=O)c2Cl)cc2c(Cl)cc(Br)cc21. The Morgan fingerprint density at radius 3 is 2.57 bits per heavy atom. The van der Waals surface area contributed by atoms with Crippen molar-refractivity contribution < 1.29 is 4.79 Å². The molecule has 0 fully saturated rings. The zero-order valence-corrected chi connectivity index (χ0v) is 15.9. The molecule has 0 spiro atoms. The second-order valence-electron chi connectivity index (χ2n) is 5.24. The first-order valence-electron chi connectivity index (χ1n) is 6.77. The smallest absolute Gasteiger partial charge is 0.151 e. The molecule has 0 aliphatic rings. The molecular formula is C17H11BrCl3NO. The van der Waals surface area contributed by atoms with Gasteiger partial charge in [0.1, 0.15) is 0 Å². The normalized spacial score (nSPS) is 11.2. The van der Waals surface area contributed by atoms with Gasteiger partial charge in [-0.05, 0) is 35.9 Å². The molecule has 0 amide bonds. The quantitative estimate of drug-likeness (QED) is 0.446. The summed E-state index contributed by atoms with van der Waals surface area (Å²) >= 11 is 22.4. The highest BCUT2D eigenvalue weighted by Crippen LogP contribution is 2.34. The van der Waals surface area contributed by atoms with Crippen LogP contribution >= 0.6 is 50.7 Å². The fourth-order valence-corrected chi connectivity index (χ4v) is 4.02. The molecule has 0 aliphatic heterocycles. The van der Waals surface area contributed by atoms with Gasteiger partial charge in [0.2, 0.25) is 0 Å². The van der Waals surface area contributed by atoms with Gasteiger partial charge in [-0.2, -0.15) is 0 Å². The predicted octanol–water partition coefficient (Wildman–Crippen LogP) is 6.30. The standard InChI is InChI=1S/C17H11BrCl3NO/c1-22-11(6-12-15(20)4-10(18)5-16(12)22)7-13-14(19)3-2-9(8-23)17(13)21/h2-6,8H,7H2,1H3. The van der Waals surface area contributed by atoms with Gasteiger partial charge in [0.25, 0.3) is 0 Å². The zero-order valence-electron chi connectivity index (χ0n) is 12.0. The number of rotatable bonds is 3. The van der Waals surface area contributed by atoms with Gasteiger partial charge in [-0.25, -0.2) is 0 Å². The maximum Gasteiger partial charge on any atom is 0.151 e. The largest absolute Gasteiger partial charge is 0.347 e. The van der Waals surface area contributed by atoms with Gasteiger partial charge in [0, 0.05) is 39.6 Å². The molecule has 23 heavy (non-hydrogen) atoms. The molecule has 0 bridgehead atoms. The van der Waals surface area contributed by atoms with E-state index in [4.69, 9.17) is 34.8 Å². The van der Waals surface area contributed by atoms with Gasteiger partial charge >= 0.3 is 0 Å².